The minimum Gasteiger partial charge on any atom is -0.375 e. The lowest BCUT2D eigenvalue weighted by molar-refractivity contribution is -0.137. The minimum absolute atomic E-state index is 0.0417. The average Bonchev–Trinajstić information content (AvgIpc) is 2.94. The van der Waals surface area contributed by atoms with Gasteiger partial charge in [0.1, 0.15) is 6.54 Å². The van der Waals surface area contributed by atoms with Gasteiger partial charge in [-0.2, -0.15) is 13.2 Å². The Kier molecular flexibility index (Phi) is 4.31. The number of aromatic nitrogens is 3. The van der Waals surface area contributed by atoms with Crippen LogP contribution in [0.2, 0.25) is 0 Å². The van der Waals surface area contributed by atoms with E-state index >= 15 is 0 Å². The Morgan fingerprint density at radius 2 is 2.21 bits per heavy atom. The van der Waals surface area contributed by atoms with E-state index < -0.39 is 11.7 Å². The normalized spacial score (nSPS) is 19.9. The molecule has 1 atom stereocenters. The van der Waals surface area contributed by atoms with E-state index in [1.165, 1.54) is 10.5 Å². The van der Waals surface area contributed by atoms with Crippen molar-refractivity contribution in [3.8, 4) is 0 Å². The lowest BCUT2D eigenvalue weighted by atomic mass is 10.3. The Morgan fingerprint density at radius 3 is 2.92 bits per heavy atom. The van der Waals surface area contributed by atoms with E-state index in [2.05, 4.69) is 15.2 Å². The fourth-order valence-corrected chi connectivity index (χ4v) is 2.49. The maximum absolute atomic E-state index is 12.8. The summed E-state index contributed by atoms with van der Waals surface area (Å²) in [6, 6.07) is 2.25. The largest absolute Gasteiger partial charge is 0.417 e. The summed E-state index contributed by atoms with van der Waals surface area (Å²) in [7, 11) is 0. The third-order valence-corrected chi connectivity index (χ3v) is 3.75. The van der Waals surface area contributed by atoms with Crippen molar-refractivity contribution in [2.75, 3.05) is 19.7 Å². The molecule has 10 heteroatoms. The number of pyridine rings is 1. The standard InChI is InChI=1S/C14H17F3N6O/c1-9-7-22(4-5-24-9)13(18)19-6-12-21-20-11-3-2-10(8-23(11)12)14(15,16)17/h2-3,8-9H,4-7H2,1H3,(H2,18,19). The summed E-state index contributed by atoms with van der Waals surface area (Å²) >= 11 is 0. The zero-order valence-electron chi connectivity index (χ0n) is 13.0. The summed E-state index contributed by atoms with van der Waals surface area (Å²) in [5, 5.41) is 7.74. The summed E-state index contributed by atoms with van der Waals surface area (Å²) in [6.45, 7) is 3.77. The van der Waals surface area contributed by atoms with Crippen LogP contribution in [-0.4, -0.2) is 51.3 Å². The third-order valence-electron chi connectivity index (χ3n) is 3.75. The number of hydrogen-bond acceptors (Lipinski definition) is 4. The van der Waals surface area contributed by atoms with Crippen LogP contribution in [0, 0.1) is 0 Å². The number of nitrogens with zero attached hydrogens (tertiary/aromatic N) is 5. The van der Waals surface area contributed by atoms with Gasteiger partial charge in [0.2, 0.25) is 0 Å². The van der Waals surface area contributed by atoms with Crippen molar-refractivity contribution in [2.45, 2.75) is 25.7 Å². The first-order chi connectivity index (χ1) is 11.3. The predicted octanol–water partition coefficient (Wildman–Crippen LogP) is 1.28. The van der Waals surface area contributed by atoms with Gasteiger partial charge in [0.25, 0.3) is 0 Å². The van der Waals surface area contributed by atoms with E-state index in [0.717, 1.165) is 12.3 Å². The fourth-order valence-electron chi connectivity index (χ4n) is 2.49. The SMILES string of the molecule is CC1CN(C(N)=NCc2nnc3ccc(C(F)(F)F)cn23)CCO1. The highest BCUT2D eigenvalue weighted by atomic mass is 19.4. The summed E-state index contributed by atoms with van der Waals surface area (Å²) in [4.78, 5) is 6.10. The molecule has 0 aromatic carbocycles. The van der Waals surface area contributed by atoms with Gasteiger partial charge in [-0.1, -0.05) is 0 Å². The van der Waals surface area contributed by atoms with Crippen molar-refractivity contribution in [2.24, 2.45) is 10.7 Å². The van der Waals surface area contributed by atoms with Crippen LogP contribution in [0.25, 0.3) is 5.65 Å². The topological polar surface area (TPSA) is 81.0 Å². The van der Waals surface area contributed by atoms with Crippen molar-refractivity contribution in [1.29, 1.82) is 0 Å². The second-order valence-electron chi connectivity index (χ2n) is 5.56. The summed E-state index contributed by atoms with van der Waals surface area (Å²) in [6.07, 6.45) is -3.41. The first-order valence-electron chi connectivity index (χ1n) is 7.42. The van der Waals surface area contributed by atoms with Gasteiger partial charge >= 0.3 is 6.18 Å². The average molecular weight is 342 g/mol. The number of aliphatic imine (C=N–C) groups is 1. The van der Waals surface area contributed by atoms with Gasteiger partial charge in [-0.15, -0.1) is 10.2 Å². The maximum Gasteiger partial charge on any atom is 0.417 e. The molecule has 2 N–H and O–H groups in total. The van der Waals surface area contributed by atoms with Crippen molar-refractivity contribution in [3.05, 3.63) is 29.7 Å². The smallest absolute Gasteiger partial charge is 0.375 e. The molecule has 0 saturated carbocycles. The molecule has 0 radical (unpaired) electrons. The van der Waals surface area contributed by atoms with Crippen molar-refractivity contribution < 1.29 is 17.9 Å². The summed E-state index contributed by atoms with van der Waals surface area (Å²) in [5.41, 5.74) is 5.51. The van der Waals surface area contributed by atoms with Crippen LogP contribution in [0.3, 0.4) is 0 Å². The molecule has 1 fully saturated rings. The second-order valence-corrected chi connectivity index (χ2v) is 5.56. The Morgan fingerprint density at radius 1 is 1.42 bits per heavy atom. The lowest BCUT2D eigenvalue weighted by Gasteiger charge is -2.31. The molecule has 2 aromatic rings. The van der Waals surface area contributed by atoms with Crippen molar-refractivity contribution >= 4 is 11.6 Å². The zero-order chi connectivity index (χ0) is 17.3. The molecular weight excluding hydrogens is 325 g/mol. The molecule has 3 heterocycles. The number of morpholine rings is 1. The Hall–Kier alpha value is -2.36. The van der Waals surface area contributed by atoms with Gasteiger partial charge in [-0.05, 0) is 19.1 Å². The number of nitrogens with two attached hydrogens (primary N) is 1. The van der Waals surface area contributed by atoms with Crippen molar-refractivity contribution in [1.82, 2.24) is 19.5 Å². The number of rotatable bonds is 2. The van der Waals surface area contributed by atoms with Crippen LogP contribution in [0.1, 0.15) is 18.3 Å². The third kappa shape index (κ3) is 3.42. The van der Waals surface area contributed by atoms with E-state index in [4.69, 9.17) is 10.5 Å². The molecule has 0 spiro atoms. The number of halogens is 3. The first-order valence-corrected chi connectivity index (χ1v) is 7.42. The molecule has 0 amide bonds. The van der Waals surface area contributed by atoms with Gasteiger partial charge in [-0.25, -0.2) is 4.99 Å². The van der Waals surface area contributed by atoms with Crippen LogP contribution in [0.5, 0.6) is 0 Å². The van der Waals surface area contributed by atoms with Crippen molar-refractivity contribution in [3.63, 3.8) is 0 Å². The van der Waals surface area contributed by atoms with Gasteiger partial charge in [0, 0.05) is 19.3 Å². The molecule has 24 heavy (non-hydrogen) atoms. The number of hydrogen-bond donors (Lipinski definition) is 1. The molecule has 3 rings (SSSR count). The van der Waals surface area contributed by atoms with E-state index in [-0.39, 0.29) is 12.6 Å². The Balaban J connectivity index is 1.81. The molecule has 7 nitrogen and oxygen atoms in total. The second kappa shape index (κ2) is 6.27. The monoisotopic (exact) mass is 342 g/mol. The molecule has 0 aliphatic carbocycles. The molecule has 1 unspecified atom stereocenters. The highest BCUT2D eigenvalue weighted by molar-refractivity contribution is 5.78. The number of fused-ring (bicyclic) bond motifs is 1. The number of ether oxygens (including phenoxy) is 1. The van der Waals surface area contributed by atoms with E-state index in [1.807, 2.05) is 11.8 Å². The van der Waals surface area contributed by atoms with E-state index in [0.29, 0.717) is 37.1 Å². The van der Waals surface area contributed by atoms with Crippen LogP contribution in [-0.2, 0) is 17.5 Å². The fraction of sp³-hybridized carbons (Fsp3) is 0.500. The molecule has 0 bridgehead atoms. The van der Waals surface area contributed by atoms with Gasteiger partial charge < -0.3 is 15.4 Å². The molecular formula is C14H17F3N6O. The van der Waals surface area contributed by atoms with Gasteiger partial charge in [0.05, 0.1) is 18.3 Å². The highest BCUT2D eigenvalue weighted by Crippen LogP contribution is 2.29. The molecule has 1 aliphatic rings. The number of guanidine groups is 1. The van der Waals surface area contributed by atoms with Crippen LogP contribution in [0.15, 0.2) is 23.3 Å². The van der Waals surface area contributed by atoms with Crippen LogP contribution >= 0.6 is 0 Å². The van der Waals surface area contributed by atoms with E-state index in [9.17, 15) is 13.2 Å². The summed E-state index contributed by atoms with van der Waals surface area (Å²) < 4.78 is 45.2. The molecule has 1 aliphatic heterocycles. The van der Waals surface area contributed by atoms with Gasteiger partial charge in [-0.3, -0.25) is 4.40 Å². The quantitative estimate of drug-likeness (QED) is 0.657. The minimum atomic E-state index is -4.43. The highest BCUT2D eigenvalue weighted by Gasteiger charge is 2.31. The van der Waals surface area contributed by atoms with Gasteiger partial charge in [0.15, 0.2) is 17.4 Å². The zero-order valence-corrected chi connectivity index (χ0v) is 13.0. The lowest BCUT2D eigenvalue weighted by Crippen LogP contribution is -2.47. The first kappa shape index (κ1) is 16.5. The molecule has 130 valence electrons. The van der Waals surface area contributed by atoms with Crippen LogP contribution < -0.4 is 5.73 Å². The Labute approximate surface area is 135 Å². The molecule has 1 saturated heterocycles. The number of alkyl halides is 3. The summed E-state index contributed by atoms with van der Waals surface area (Å²) in [5.74, 6) is 0.606. The van der Waals surface area contributed by atoms with E-state index in [1.54, 1.807) is 0 Å². The predicted molar refractivity (Wildman–Crippen MR) is 80.3 cm³/mol. The maximum atomic E-state index is 12.8. The Bertz CT molecular complexity index is 757. The molecule has 2 aromatic heterocycles. The van der Waals surface area contributed by atoms with Crippen LogP contribution in [0.4, 0.5) is 13.2 Å².